The van der Waals surface area contributed by atoms with E-state index in [9.17, 15) is 8.42 Å². The summed E-state index contributed by atoms with van der Waals surface area (Å²) >= 11 is 3.07. The predicted molar refractivity (Wildman–Crippen MR) is 72.1 cm³/mol. The number of halogens is 1. The van der Waals surface area contributed by atoms with Crippen molar-refractivity contribution in [1.82, 2.24) is 19.7 Å². The number of aromatic nitrogens is 3. The zero-order chi connectivity index (χ0) is 13.9. The third kappa shape index (κ3) is 4.23. The Kier molecular flexibility index (Phi) is 4.93. The molecule has 0 spiro atoms. The molecular weight excluding hydrogens is 336 g/mol. The Morgan fingerprint density at radius 3 is 2.84 bits per heavy atom. The van der Waals surface area contributed by atoms with Crippen molar-refractivity contribution in [2.45, 2.75) is 24.3 Å². The number of rotatable bonds is 8. The lowest BCUT2D eigenvalue weighted by Gasteiger charge is -2.07. The van der Waals surface area contributed by atoms with Crippen LogP contribution in [0.5, 0.6) is 0 Å². The molecule has 0 aliphatic heterocycles. The van der Waals surface area contributed by atoms with E-state index in [1.807, 2.05) is 0 Å². The maximum absolute atomic E-state index is 12.0. The molecule has 1 fully saturated rings. The first-order valence-corrected chi connectivity index (χ1v) is 8.41. The summed E-state index contributed by atoms with van der Waals surface area (Å²) in [6, 6.07) is 0. The molecule has 1 saturated carbocycles. The average molecular weight is 353 g/mol. The second-order valence-electron chi connectivity index (χ2n) is 4.58. The molecule has 1 aliphatic carbocycles. The molecule has 1 aliphatic rings. The molecule has 0 bridgehead atoms. The Hall–Kier alpha value is -0.510. The number of hydrogen-bond acceptors (Lipinski definition) is 5. The molecule has 2 rings (SSSR count). The minimum Gasteiger partial charge on any atom is -0.381 e. The van der Waals surface area contributed by atoms with E-state index in [0.717, 1.165) is 12.5 Å². The third-order valence-corrected chi connectivity index (χ3v) is 5.15. The van der Waals surface area contributed by atoms with Gasteiger partial charge in [0.25, 0.3) is 10.0 Å². The molecule has 7 nitrogen and oxygen atoms in total. The van der Waals surface area contributed by atoms with Crippen LogP contribution in [0.15, 0.2) is 9.63 Å². The van der Waals surface area contributed by atoms with Crippen molar-refractivity contribution in [3.63, 3.8) is 0 Å². The van der Waals surface area contributed by atoms with E-state index in [1.54, 1.807) is 0 Å². The molecule has 0 saturated heterocycles. The van der Waals surface area contributed by atoms with Gasteiger partial charge in [0.05, 0.1) is 0 Å². The van der Waals surface area contributed by atoms with Crippen LogP contribution < -0.4 is 4.72 Å². The summed E-state index contributed by atoms with van der Waals surface area (Å²) in [6.07, 6.45) is 3.16. The Balaban J connectivity index is 1.74. The Bertz CT molecular complexity index is 507. The molecule has 19 heavy (non-hydrogen) atoms. The van der Waals surface area contributed by atoms with E-state index in [1.165, 1.54) is 24.6 Å². The van der Waals surface area contributed by atoms with E-state index >= 15 is 0 Å². The SMILES string of the molecule is Cn1nnc(Br)c1S(=O)(=O)NCCCOCC1CC1. The second kappa shape index (κ2) is 6.29. The molecular formula is C10H17BrN4O3S. The Morgan fingerprint density at radius 1 is 1.53 bits per heavy atom. The van der Waals surface area contributed by atoms with Gasteiger partial charge in [-0.05, 0) is 41.1 Å². The van der Waals surface area contributed by atoms with Crippen LogP contribution >= 0.6 is 15.9 Å². The van der Waals surface area contributed by atoms with E-state index in [2.05, 4.69) is 31.0 Å². The summed E-state index contributed by atoms with van der Waals surface area (Å²) in [7, 11) is -2.05. The number of aryl methyl sites for hydroxylation is 1. The fraction of sp³-hybridized carbons (Fsp3) is 0.800. The van der Waals surface area contributed by atoms with Gasteiger partial charge >= 0.3 is 0 Å². The lowest BCUT2D eigenvalue weighted by Crippen LogP contribution is -2.27. The first kappa shape index (κ1) is 14.9. The van der Waals surface area contributed by atoms with Crippen molar-refractivity contribution in [3.05, 3.63) is 4.60 Å². The summed E-state index contributed by atoms with van der Waals surface area (Å²) in [5, 5.41) is 7.33. The zero-order valence-corrected chi connectivity index (χ0v) is 13.1. The molecule has 108 valence electrons. The number of nitrogens with zero attached hydrogens (tertiary/aromatic N) is 3. The normalized spacial score (nSPS) is 15.9. The quantitative estimate of drug-likeness (QED) is 0.695. The molecule has 0 aromatic carbocycles. The van der Waals surface area contributed by atoms with Gasteiger partial charge in [0.2, 0.25) is 5.03 Å². The minimum absolute atomic E-state index is 0.0337. The van der Waals surface area contributed by atoms with Crippen molar-refractivity contribution in [3.8, 4) is 0 Å². The number of hydrogen-bond donors (Lipinski definition) is 1. The highest BCUT2D eigenvalue weighted by Gasteiger charge is 2.23. The Labute approximate surface area is 120 Å². The first-order chi connectivity index (χ1) is 9.00. The summed E-state index contributed by atoms with van der Waals surface area (Å²) in [5.74, 6) is 0.730. The van der Waals surface area contributed by atoms with Crippen LogP contribution in [-0.4, -0.2) is 43.2 Å². The van der Waals surface area contributed by atoms with E-state index in [0.29, 0.717) is 19.6 Å². The first-order valence-electron chi connectivity index (χ1n) is 6.13. The maximum Gasteiger partial charge on any atom is 0.260 e. The smallest absolute Gasteiger partial charge is 0.260 e. The topological polar surface area (TPSA) is 86.1 Å². The van der Waals surface area contributed by atoms with Gasteiger partial charge in [-0.15, -0.1) is 5.10 Å². The zero-order valence-electron chi connectivity index (χ0n) is 10.7. The van der Waals surface area contributed by atoms with Crippen LogP contribution in [0, 0.1) is 5.92 Å². The van der Waals surface area contributed by atoms with Gasteiger partial charge in [-0.2, -0.15) is 0 Å². The molecule has 0 amide bonds. The number of sulfonamides is 1. The molecule has 0 unspecified atom stereocenters. The van der Waals surface area contributed by atoms with Crippen LogP contribution in [0.25, 0.3) is 0 Å². The van der Waals surface area contributed by atoms with Crippen LogP contribution in [0.3, 0.4) is 0 Å². The van der Waals surface area contributed by atoms with Crippen LogP contribution in [-0.2, 0) is 21.8 Å². The van der Waals surface area contributed by atoms with Gasteiger partial charge in [-0.1, -0.05) is 5.21 Å². The molecule has 1 aromatic rings. The van der Waals surface area contributed by atoms with Crippen molar-refractivity contribution in [2.24, 2.45) is 13.0 Å². The standard InChI is InChI=1S/C10H17BrN4O3S/c1-15-10(9(11)13-14-15)19(16,17)12-5-2-6-18-7-8-3-4-8/h8,12H,2-7H2,1H3. The number of ether oxygens (including phenoxy) is 1. The third-order valence-electron chi connectivity index (χ3n) is 2.80. The molecule has 1 N–H and O–H groups in total. The van der Waals surface area contributed by atoms with Gasteiger partial charge in [0.15, 0.2) is 4.60 Å². The molecule has 9 heteroatoms. The maximum atomic E-state index is 12.0. The molecule has 1 aromatic heterocycles. The highest BCUT2D eigenvalue weighted by molar-refractivity contribution is 9.10. The summed E-state index contributed by atoms with van der Waals surface area (Å²) in [6.45, 7) is 1.71. The van der Waals surface area contributed by atoms with E-state index in [4.69, 9.17) is 4.74 Å². The lowest BCUT2D eigenvalue weighted by molar-refractivity contribution is 0.123. The van der Waals surface area contributed by atoms with Crippen LogP contribution in [0.4, 0.5) is 0 Å². The van der Waals surface area contributed by atoms with E-state index in [-0.39, 0.29) is 9.63 Å². The molecule has 0 radical (unpaired) electrons. The number of nitrogens with one attached hydrogen (secondary N) is 1. The molecule has 1 heterocycles. The van der Waals surface area contributed by atoms with E-state index < -0.39 is 10.0 Å². The summed E-state index contributed by atoms with van der Waals surface area (Å²) in [5.41, 5.74) is 0. The minimum atomic E-state index is -3.58. The fourth-order valence-corrected chi connectivity index (χ4v) is 3.76. The highest BCUT2D eigenvalue weighted by Crippen LogP contribution is 2.28. The van der Waals surface area contributed by atoms with Crippen molar-refractivity contribution < 1.29 is 13.2 Å². The van der Waals surface area contributed by atoms with Gasteiger partial charge in [-0.25, -0.2) is 17.8 Å². The monoisotopic (exact) mass is 352 g/mol. The average Bonchev–Trinajstić information content (AvgIpc) is 3.09. The van der Waals surface area contributed by atoms with Crippen molar-refractivity contribution >= 4 is 26.0 Å². The molecule has 0 atom stereocenters. The van der Waals surface area contributed by atoms with Crippen LogP contribution in [0.1, 0.15) is 19.3 Å². The Morgan fingerprint density at radius 2 is 2.26 bits per heavy atom. The largest absolute Gasteiger partial charge is 0.381 e. The summed E-state index contributed by atoms with van der Waals surface area (Å²) < 4.78 is 33.4. The van der Waals surface area contributed by atoms with Crippen molar-refractivity contribution in [2.75, 3.05) is 19.8 Å². The highest BCUT2D eigenvalue weighted by atomic mass is 79.9. The van der Waals surface area contributed by atoms with Gasteiger partial charge < -0.3 is 4.74 Å². The van der Waals surface area contributed by atoms with Crippen LogP contribution in [0.2, 0.25) is 0 Å². The summed E-state index contributed by atoms with van der Waals surface area (Å²) in [4.78, 5) is 0. The predicted octanol–water partition coefficient (Wildman–Crippen LogP) is 0.673. The fourth-order valence-electron chi connectivity index (χ4n) is 1.59. The van der Waals surface area contributed by atoms with Gasteiger partial charge in [0.1, 0.15) is 0 Å². The van der Waals surface area contributed by atoms with Gasteiger partial charge in [0, 0.05) is 26.8 Å². The van der Waals surface area contributed by atoms with Gasteiger partial charge in [-0.3, -0.25) is 0 Å². The lowest BCUT2D eigenvalue weighted by atomic mass is 10.4. The van der Waals surface area contributed by atoms with Crippen molar-refractivity contribution in [1.29, 1.82) is 0 Å². The second-order valence-corrected chi connectivity index (χ2v) is 7.01.